The van der Waals surface area contributed by atoms with Gasteiger partial charge in [-0.05, 0) is 47.4 Å². The number of Topliss-reactive ketones (excluding diaryl/α,β-unsaturated/α-hetero) is 1. The predicted octanol–water partition coefficient (Wildman–Crippen LogP) is 4.65. The topological polar surface area (TPSA) is 64.4 Å². The highest BCUT2D eigenvalue weighted by molar-refractivity contribution is 5.92. The van der Waals surface area contributed by atoms with Crippen LogP contribution in [0.4, 0.5) is 4.79 Å². The van der Waals surface area contributed by atoms with Crippen LogP contribution in [0.15, 0.2) is 66.9 Å². The molecule has 1 amide bonds. The van der Waals surface area contributed by atoms with Crippen molar-refractivity contribution in [2.75, 3.05) is 13.1 Å². The predicted molar refractivity (Wildman–Crippen MR) is 121 cm³/mol. The number of hydrogen-bond donors (Lipinski definition) is 0. The van der Waals surface area contributed by atoms with Crippen LogP contribution in [-0.4, -0.2) is 45.7 Å². The summed E-state index contributed by atoms with van der Waals surface area (Å²) in [6, 6.07) is 20.4. The van der Waals surface area contributed by atoms with Gasteiger partial charge in [-0.3, -0.25) is 4.79 Å². The number of nitrogens with zero attached hydrogens (tertiary/aromatic N) is 3. The van der Waals surface area contributed by atoms with Crippen LogP contribution in [0.25, 0.3) is 11.1 Å². The maximum absolute atomic E-state index is 12.7. The average molecular weight is 430 g/mol. The molecule has 2 aromatic carbocycles. The van der Waals surface area contributed by atoms with Crippen LogP contribution in [0, 0.1) is 11.8 Å². The summed E-state index contributed by atoms with van der Waals surface area (Å²) in [4.78, 5) is 26.0. The van der Waals surface area contributed by atoms with Crippen molar-refractivity contribution in [1.29, 1.82) is 0 Å². The number of aromatic nitrogens is 2. The molecule has 3 aromatic rings. The molecule has 32 heavy (non-hydrogen) atoms. The summed E-state index contributed by atoms with van der Waals surface area (Å²) in [5.74, 6) is 0.795. The third-order valence-electron chi connectivity index (χ3n) is 6.67. The van der Waals surface area contributed by atoms with Crippen molar-refractivity contribution in [2.45, 2.75) is 32.5 Å². The molecule has 0 spiro atoms. The Morgan fingerprint density at radius 2 is 1.59 bits per heavy atom. The lowest BCUT2D eigenvalue weighted by atomic mass is 10.0. The lowest BCUT2D eigenvalue weighted by Crippen LogP contribution is -2.34. The third kappa shape index (κ3) is 4.23. The molecule has 1 saturated carbocycles. The summed E-state index contributed by atoms with van der Waals surface area (Å²) in [5.41, 5.74) is 3.93. The fourth-order valence-corrected chi connectivity index (χ4v) is 4.94. The highest BCUT2D eigenvalue weighted by atomic mass is 16.5. The Hall–Kier alpha value is -3.25. The molecule has 2 aliphatic rings. The van der Waals surface area contributed by atoms with E-state index in [9.17, 15) is 9.59 Å². The quantitative estimate of drug-likeness (QED) is 0.554. The molecule has 0 N–H and O–H groups in total. The lowest BCUT2D eigenvalue weighted by Gasteiger charge is -2.19. The Labute approximate surface area is 187 Å². The summed E-state index contributed by atoms with van der Waals surface area (Å²) in [5, 5.41) is 4.10. The first-order chi connectivity index (χ1) is 15.6. The molecule has 1 saturated heterocycles. The number of amides is 1. The van der Waals surface area contributed by atoms with Gasteiger partial charge in [0, 0.05) is 26.2 Å². The van der Waals surface area contributed by atoms with E-state index in [-0.39, 0.29) is 17.9 Å². The molecule has 5 rings (SSSR count). The number of rotatable bonds is 5. The van der Waals surface area contributed by atoms with Crippen LogP contribution in [0.5, 0.6) is 0 Å². The van der Waals surface area contributed by atoms with Gasteiger partial charge in [0.05, 0.1) is 12.7 Å². The van der Waals surface area contributed by atoms with Gasteiger partial charge >= 0.3 is 6.03 Å². The van der Waals surface area contributed by atoms with E-state index in [2.05, 4.69) is 53.6 Å². The standard InChI is InChI=1S/C26H27N3O3/c1-18(30)25-11-12-29(27-25)26(31)28-15-22-13-24(14-23(22)16-28)32-17-19-7-9-21(10-8-19)20-5-3-2-4-6-20/h2-12,22-24H,13-17H2,1H3/t22-,23+,24?. The second-order valence-electron chi connectivity index (χ2n) is 8.88. The van der Waals surface area contributed by atoms with Crippen LogP contribution in [0.3, 0.4) is 0 Å². The molecule has 164 valence electrons. The van der Waals surface area contributed by atoms with E-state index in [0.29, 0.717) is 24.1 Å². The van der Waals surface area contributed by atoms with E-state index < -0.39 is 0 Å². The van der Waals surface area contributed by atoms with E-state index in [4.69, 9.17) is 4.74 Å². The Morgan fingerprint density at radius 3 is 2.22 bits per heavy atom. The van der Waals surface area contributed by atoms with Gasteiger partial charge in [0.1, 0.15) is 5.69 Å². The number of likely N-dealkylation sites (tertiary alicyclic amines) is 1. The summed E-state index contributed by atoms with van der Waals surface area (Å²) in [7, 11) is 0. The van der Waals surface area contributed by atoms with Crippen LogP contribution in [0.2, 0.25) is 0 Å². The van der Waals surface area contributed by atoms with Crippen molar-refractivity contribution in [3.8, 4) is 11.1 Å². The normalized spacial score (nSPS) is 22.2. The maximum atomic E-state index is 12.7. The number of hydrogen-bond acceptors (Lipinski definition) is 4. The smallest absolute Gasteiger partial charge is 0.344 e. The van der Waals surface area contributed by atoms with Gasteiger partial charge in [-0.2, -0.15) is 9.78 Å². The van der Waals surface area contributed by atoms with Crippen molar-refractivity contribution in [3.63, 3.8) is 0 Å². The minimum Gasteiger partial charge on any atom is -0.374 e. The Balaban J connectivity index is 1.12. The molecule has 1 aromatic heterocycles. The summed E-state index contributed by atoms with van der Waals surface area (Å²) >= 11 is 0. The Kier molecular flexibility index (Phi) is 5.62. The summed E-state index contributed by atoms with van der Waals surface area (Å²) in [6.45, 7) is 3.52. The van der Waals surface area contributed by atoms with Crippen molar-refractivity contribution >= 4 is 11.8 Å². The van der Waals surface area contributed by atoms with E-state index in [0.717, 1.165) is 25.9 Å². The van der Waals surface area contributed by atoms with Gasteiger partial charge in [0.25, 0.3) is 0 Å². The van der Waals surface area contributed by atoms with Gasteiger partial charge < -0.3 is 9.64 Å². The second kappa shape index (κ2) is 8.71. The van der Waals surface area contributed by atoms with Gasteiger partial charge in [-0.15, -0.1) is 0 Å². The fraction of sp³-hybridized carbons (Fsp3) is 0.346. The van der Waals surface area contributed by atoms with Gasteiger partial charge in [0.15, 0.2) is 5.78 Å². The van der Waals surface area contributed by atoms with Crippen LogP contribution in [-0.2, 0) is 11.3 Å². The van der Waals surface area contributed by atoms with Crippen molar-refractivity contribution in [3.05, 3.63) is 78.1 Å². The summed E-state index contributed by atoms with van der Waals surface area (Å²) < 4.78 is 7.51. The van der Waals surface area contributed by atoms with Crippen LogP contribution in [0.1, 0.15) is 35.8 Å². The first-order valence-corrected chi connectivity index (χ1v) is 11.2. The monoisotopic (exact) mass is 429 g/mol. The zero-order chi connectivity index (χ0) is 22.1. The van der Waals surface area contributed by atoms with Crippen LogP contribution >= 0.6 is 0 Å². The largest absolute Gasteiger partial charge is 0.374 e. The number of ketones is 1. The van der Waals surface area contributed by atoms with Crippen molar-refractivity contribution in [1.82, 2.24) is 14.7 Å². The third-order valence-corrected chi connectivity index (χ3v) is 6.67. The molecule has 1 unspecified atom stereocenters. The lowest BCUT2D eigenvalue weighted by molar-refractivity contribution is 0.0383. The fourth-order valence-electron chi connectivity index (χ4n) is 4.94. The molecular formula is C26H27N3O3. The van der Waals surface area contributed by atoms with E-state index in [1.54, 1.807) is 12.3 Å². The van der Waals surface area contributed by atoms with Crippen LogP contribution < -0.4 is 0 Å². The second-order valence-corrected chi connectivity index (χ2v) is 8.88. The molecule has 1 aliphatic heterocycles. The molecule has 3 atom stereocenters. The zero-order valence-corrected chi connectivity index (χ0v) is 18.2. The SMILES string of the molecule is CC(=O)c1ccn(C(=O)N2C[C@H]3CC(OCc4ccc(-c5ccccc5)cc4)C[C@H]3C2)n1. The summed E-state index contributed by atoms with van der Waals surface area (Å²) in [6.07, 6.45) is 3.77. The first kappa shape index (κ1) is 20.6. The number of ether oxygens (including phenoxy) is 1. The van der Waals surface area contributed by atoms with E-state index in [1.165, 1.54) is 28.3 Å². The minimum atomic E-state index is -0.150. The zero-order valence-electron chi connectivity index (χ0n) is 18.2. The molecule has 6 heteroatoms. The first-order valence-electron chi connectivity index (χ1n) is 11.2. The highest BCUT2D eigenvalue weighted by Gasteiger charge is 2.43. The van der Waals surface area contributed by atoms with Crippen molar-refractivity contribution in [2.24, 2.45) is 11.8 Å². The number of carbonyl (C=O) groups excluding carboxylic acids is 2. The number of fused-ring (bicyclic) bond motifs is 1. The Bertz CT molecular complexity index is 1090. The minimum absolute atomic E-state index is 0.135. The Morgan fingerprint density at radius 1 is 0.938 bits per heavy atom. The molecule has 2 heterocycles. The molecule has 0 radical (unpaired) electrons. The number of benzene rings is 2. The number of carbonyl (C=O) groups is 2. The van der Waals surface area contributed by atoms with E-state index in [1.807, 2.05) is 11.0 Å². The van der Waals surface area contributed by atoms with Gasteiger partial charge in [-0.1, -0.05) is 54.6 Å². The van der Waals surface area contributed by atoms with E-state index >= 15 is 0 Å². The highest BCUT2D eigenvalue weighted by Crippen LogP contribution is 2.40. The van der Waals surface area contributed by atoms with Gasteiger partial charge in [0.2, 0.25) is 0 Å². The molecule has 1 aliphatic carbocycles. The average Bonchev–Trinajstić information content (AvgIpc) is 3.53. The maximum Gasteiger partial charge on any atom is 0.344 e. The molecular weight excluding hydrogens is 402 g/mol. The van der Waals surface area contributed by atoms with Crippen molar-refractivity contribution < 1.29 is 14.3 Å². The van der Waals surface area contributed by atoms with Gasteiger partial charge in [-0.25, -0.2) is 4.79 Å². The molecule has 0 bridgehead atoms. The molecule has 6 nitrogen and oxygen atoms in total. The molecule has 2 fully saturated rings.